The maximum Gasteiger partial charge on any atom is 0.439 e. The van der Waals surface area contributed by atoms with Crippen molar-refractivity contribution >= 4 is 11.6 Å². The Morgan fingerprint density at radius 1 is 1.31 bits per heavy atom. The highest BCUT2D eigenvalue weighted by Gasteiger charge is 2.27. The normalized spacial score (nSPS) is 19.8. The summed E-state index contributed by atoms with van der Waals surface area (Å²) in [4.78, 5) is 26.6. The van der Waals surface area contributed by atoms with Crippen molar-refractivity contribution in [1.82, 2.24) is 20.0 Å². The van der Waals surface area contributed by atoms with Crippen LogP contribution in [0.5, 0.6) is 0 Å². The topological polar surface area (TPSA) is 102 Å². The van der Waals surface area contributed by atoms with Crippen LogP contribution in [0.1, 0.15) is 17.2 Å². The number of halogens is 1. The van der Waals surface area contributed by atoms with Gasteiger partial charge in [-0.15, -0.1) is 0 Å². The fourth-order valence-corrected chi connectivity index (χ4v) is 3.74. The maximum atomic E-state index is 13.0. The molecule has 0 saturated carbocycles. The van der Waals surface area contributed by atoms with E-state index in [2.05, 4.69) is 20.0 Å². The van der Waals surface area contributed by atoms with Crippen LogP contribution in [-0.4, -0.2) is 34.4 Å². The van der Waals surface area contributed by atoms with E-state index in [0.717, 1.165) is 17.7 Å². The van der Waals surface area contributed by atoms with Gasteiger partial charge < -0.3 is 14.6 Å². The number of aryl methyl sites for hydroxylation is 1. The van der Waals surface area contributed by atoms with Crippen molar-refractivity contribution in [2.24, 2.45) is 5.92 Å². The second-order valence-corrected chi connectivity index (χ2v) is 7.49. The highest BCUT2D eigenvalue weighted by Crippen LogP contribution is 2.31. The zero-order valence-electron chi connectivity index (χ0n) is 15.9. The number of hydrogen-bond donors (Lipinski definition) is 2. The van der Waals surface area contributed by atoms with Crippen molar-refractivity contribution in [2.45, 2.75) is 19.6 Å². The standard InChI is InChI=1S/C20H21ClN4O4/c1-12-9-13(4-5-16(12)21)17-14(10-22-6-8-28-17)11-25-7-2-3-15(19(25)26)18-23-20(27)29-24-18/h2-5,7,9,14,17,22H,6,8,10-11H2,1H3,(H,23,24,27)/t14-,17-/m1/s1. The van der Waals surface area contributed by atoms with Crippen LogP contribution in [0.25, 0.3) is 11.4 Å². The lowest BCUT2D eigenvalue weighted by Gasteiger charge is -2.26. The van der Waals surface area contributed by atoms with Crippen LogP contribution in [0.15, 0.2) is 50.6 Å². The summed E-state index contributed by atoms with van der Waals surface area (Å²) >= 11 is 6.18. The molecule has 29 heavy (non-hydrogen) atoms. The second-order valence-electron chi connectivity index (χ2n) is 7.09. The molecule has 0 bridgehead atoms. The molecule has 0 amide bonds. The fourth-order valence-electron chi connectivity index (χ4n) is 3.62. The summed E-state index contributed by atoms with van der Waals surface area (Å²) in [5, 5.41) is 7.71. The first-order valence-electron chi connectivity index (χ1n) is 9.37. The number of ether oxygens (including phenoxy) is 1. The molecule has 152 valence electrons. The molecule has 1 saturated heterocycles. The summed E-state index contributed by atoms with van der Waals surface area (Å²) in [6.07, 6.45) is 1.54. The van der Waals surface area contributed by atoms with E-state index in [0.29, 0.717) is 24.7 Å². The average molecular weight is 417 g/mol. The molecule has 8 nitrogen and oxygen atoms in total. The molecule has 1 aliphatic rings. The van der Waals surface area contributed by atoms with E-state index >= 15 is 0 Å². The lowest BCUT2D eigenvalue weighted by Crippen LogP contribution is -2.32. The van der Waals surface area contributed by atoms with E-state index in [9.17, 15) is 9.59 Å². The molecule has 0 unspecified atom stereocenters. The highest BCUT2D eigenvalue weighted by molar-refractivity contribution is 6.31. The lowest BCUT2D eigenvalue weighted by molar-refractivity contribution is 0.0250. The summed E-state index contributed by atoms with van der Waals surface area (Å²) < 4.78 is 12.3. The second kappa shape index (κ2) is 8.36. The van der Waals surface area contributed by atoms with Gasteiger partial charge in [0.1, 0.15) is 0 Å². The van der Waals surface area contributed by atoms with E-state index < -0.39 is 5.76 Å². The molecule has 0 aliphatic carbocycles. The molecule has 4 rings (SSSR count). The van der Waals surface area contributed by atoms with Crippen molar-refractivity contribution in [1.29, 1.82) is 0 Å². The van der Waals surface area contributed by atoms with Gasteiger partial charge in [0.05, 0.1) is 18.3 Å². The van der Waals surface area contributed by atoms with Gasteiger partial charge in [-0.2, -0.15) is 0 Å². The van der Waals surface area contributed by atoms with Crippen LogP contribution in [0.2, 0.25) is 5.02 Å². The monoisotopic (exact) mass is 416 g/mol. The number of rotatable bonds is 4. The SMILES string of the molecule is Cc1cc([C@H]2OCCNC[C@@H]2Cn2cccc(-c3noc(=O)[nH]3)c2=O)ccc1Cl. The maximum absolute atomic E-state index is 13.0. The first kappa shape index (κ1) is 19.6. The molecular weight excluding hydrogens is 396 g/mol. The third-order valence-electron chi connectivity index (χ3n) is 5.07. The number of aromatic amines is 1. The van der Waals surface area contributed by atoms with Gasteiger partial charge in [0.15, 0.2) is 5.82 Å². The third kappa shape index (κ3) is 4.19. The van der Waals surface area contributed by atoms with Gasteiger partial charge in [-0.25, -0.2) is 4.79 Å². The van der Waals surface area contributed by atoms with Crippen LogP contribution in [0.4, 0.5) is 0 Å². The molecule has 3 heterocycles. The Kier molecular flexibility index (Phi) is 5.66. The van der Waals surface area contributed by atoms with Gasteiger partial charge >= 0.3 is 5.76 Å². The fraction of sp³-hybridized carbons (Fsp3) is 0.350. The number of hydrogen-bond acceptors (Lipinski definition) is 6. The predicted molar refractivity (Wildman–Crippen MR) is 108 cm³/mol. The van der Waals surface area contributed by atoms with Gasteiger partial charge in [-0.3, -0.25) is 14.3 Å². The minimum atomic E-state index is -0.700. The molecule has 2 atom stereocenters. The van der Waals surface area contributed by atoms with Crippen molar-refractivity contribution in [2.75, 3.05) is 19.7 Å². The summed E-state index contributed by atoms with van der Waals surface area (Å²) in [7, 11) is 0. The van der Waals surface area contributed by atoms with Gasteiger partial charge in [0.2, 0.25) is 0 Å². The number of benzene rings is 1. The number of pyridine rings is 1. The first-order chi connectivity index (χ1) is 14.0. The summed E-state index contributed by atoms with van der Waals surface area (Å²) in [6, 6.07) is 9.23. The highest BCUT2D eigenvalue weighted by atomic mass is 35.5. The quantitative estimate of drug-likeness (QED) is 0.675. The van der Waals surface area contributed by atoms with Crippen LogP contribution in [0, 0.1) is 12.8 Å². The number of H-pyrrole nitrogens is 1. The van der Waals surface area contributed by atoms with E-state index in [1.165, 1.54) is 0 Å². The molecule has 2 N–H and O–H groups in total. The van der Waals surface area contributed by atoms with Crippen LogP contribution in [0.3, 0.4) is 0 Å². The zero-order valence-corrected chi connectivity index (χ0v) is 16.6. The van der Waals surface area contributed by atoms with Gasteiger partial charge in [0.25, 0.3) is 5.56 Å². The Morgan fingerprint density at radius 3 is 2.93 bits per heavy atom. The lowest BCUT2D eigenvalue weighted by atomic mass is 9.94. The third-order valence-corrected chi connectivity index (χ3v) is 5.49. The van der Waals surface area contributed by atoms with Crippen molar-refractivity contribution < 1.29 is 9.26 Å². The van der Waals surface area contributed by atoms with Gasteiger partial charge in [-0.1, -0.05) is 28.9 Å². The summed E-state index contributed by atoms with van der Waals surface area (Å²) in [6.45, 7) is 4.42. The summed E-state index contributed by atoms with van der Waals surface area (Å²) in [5.74, 6) is -0.564. The minimum Gasteiger partial charge on any atom is -0.372 e. The van der Waals surface area contributed by atoms with Crippen LogP contribution >= 0.6 is 11.6 Å². The number of nitrogens with one attached hydrogen (secondary N) is 2. The largest absolute Gasteiger partial charge is 0.439 e. The Balaban J connectivity index is 1.66. The van der Waals surface area contributed by atoms with Gasteiger partial charge in [0, 0.05) is 36.8 Å². The zero-order chi connectivity index (χ0) is 20.4. The molecule has 2 aromatic heterocycles. The van der Waals surface area contributed by atoms with Crippen molar-refractivity contribution in [3.05, 3.63) is 73.6 Å². The van der Waals surface area contributed by atoms with Crippen molar-refractivity contribution in [3.63, 3.8) is 0 Å². The molecule has 0 radical (unpaired) electrons. The van der Waals surface area contributed by atoms with Crippen molar-refractivity contribution in [3.8, 4) is 11.4 Å². The predicted octanol–water partition coefficient (Wildman–Crippen LogP) is 2.13. The molecule has 1 aliphatic heterocycles. The first-order valence-corrected chi connectivity index (χ1v) is 9.75. The minimum absolute atomic E-state index is 0.0161. The Labute approximate surface area is 171 Å². The molecule has 0 spiro atoms. The van der Waals surface area contributed by atoms with E-state index in [1.54, 1.807) is 22.9 Å². The number of nitrogens with zero attached hydrogens (tertiary/aromatic N) is 2. The van der Waals surface area contributed by atoms with E-state index in [4.69, 9.17) is 16.3 Å². The Bertz CT molecular complexity index is 1120. The summed E-state index contributed by atoms with van der Waals surface area (Å²) in [5.41, 5.74) is 2.04. The van der Waals surface area contributed by atoms with E-state index in [-0.39, 0.29) is 29.0 Å². The molecule has 3 aromatic rings. The average Bonchev–Trinajstić information content (AvgIpc) is 3.00. The molecule has 9 heteroatoms. The van der Waals surface area contributed by atoms with Crippen LogP contribution in [-0.2, 0) is 11.3 Å². The van der Waals surface area contributed by atoms with Gasteiger partial charge in [-0.05, 0) is 36.2 Å². The molecule has 1 fully saturated rings. The molecular formula is C20H21ClN4O4. The smallest absolute Gasteiger partial charge is 0.372 e. The Hall–Kier alpha value is -2.68. The molecule has 1 aromatic carbocycles. The Morgan fingerprint density at radius 2 is 2.17 bits per heavy atom. The van der Waals surface area contributed by atoms with Crippen LogP contribution < -0.4 is 16.6 Å². The van der Waals surface area contributed by atoms with E-state index in [1.807, 2.05) is 25.1 Å². The number of aromatic nitrogens is 3.